The molecule has 0 unspecified atom stereocenters. The number of hydrogen-bond donors (Lipinski definition) is 2. The van der Waals surface area contributed by atoms with Crippen LogP contribution in [0.3, 0.4) is 0 Å². The molecule has 0 saturated carbocycles. The number of halogens is 2. The molecule has 0 aliphatic carbocycles. The number of anilines is 1. The van der Waals surface area contributed by atoms with E-state index in [2.05, 4.69) is 25.6 Å². The molecule has 128 valence electrons. The highest BCUT2D eigenvalue weighted by Gasteiger charge is 2.25. The van der Waals surface area contributed by atoms with Gasteiger partial charge in [-0.25, -0.2) is 9.67 Å². The van der Waals surface area contributed by atoms with Crippen molar-refractivity contribution in [3.63, 3.8) is 0 Å². The fourth-order valence-electron chi connectivity index (χ4n) is 2.00. The zero-order valence-corrected chi connectivity index (χ0v) is 13.8. The molecular weight excluding hydrogens is 373 g/mol. The van der Waals surface area contributed by atoms with Crippen LogP contribution in [0.1, 0.15) is 16.1 Å². The lowest BCUT2D eigenvalue weighted by atomic mass is 10.2. The first-order valence-corrected chi connectivity index (χ1v) is 7.53. The van der Waals surface area contributed by atoms with Gasteiger partial charge in [-0.2, -0.15) is 0 Å². The van der Waals surface area contributed by atoms with E-state index in [1.165, 1.54) is 11.0 Å². The van der Waals surface area contributed by atoms with Crippen LogP contribution in [0.2, 0.25) is 10.0 Å². The van der Waals surface area contributed by atoms with Gasteiger partial charge in [-0.05, 0) is 22.6 Å². The van der Waals surface area contributed by atoms with Gasteiger partial charge >= 0.3 is 5.82 Å². The second kappa shape index (κ2) is 6.87. The topological polar surface area (TPSA) is 132 Å². The second-order valence-electron chi connectivity index (χ2n) is 4.84. The average Bonchev–Trinajstić information content (AvgIpc) is 3.14. The van der Waals surface area contributed by atoms with Crippen LogP contribution in [0.5, 0.6) is 0 Å². The monoisotopic (exact) mass is 381 g/mol. The first kappa shape index (κ1) is 16.9. The summed E-state index contributed by atoms with van der Waals surface area (Å²) in [6, 6.07) is 7.22. The Labute approximate surface area is 149 Å². The Morgan fingerprint density at radius 1 is 1.40 bits per heavy atom. The van der Waals surface area contributed by atoms with Crippen LogP contribution in [-0.4, -0.2) is 35.8 Å². The Kier molecular flexibility index (Phi) is 4.63. The number of benzene rings is 1. The fraction of sp³-hybridized carbons (Fsp3) is 0.0769. The molecule has 3 aromatic rings. The van der Waals surface area contributed by atoms with Crippen molar-refractivity contribution in [3.8, 4) is 0 Å². The minimum Gasteiger partial charge on any atom is -0.358 e. The van der Waals surface area contributed by atoms with Crippen molar-refractivity contribution in [2.75, 3.05) is 5.32 Å². The summed E-state index contributed by atoms with van der Waals surface area (Å²) in [5.74, 6) is -1.32. The molecule has 0 saturated heterocycles. The predicted octanol–water partition coefficient (Wildman–Crippen LogP) is 2.52. The summed E-state index contributed by atoms with van der Waals surface area (Å²) in [5, 5.41) is 23.0. The van der Waals surface area contributed by atoms with Crippen LogP contribution < -0.4 is 5.32 Å². The van der Waals surface area contributed by atoms with Crippen molar-refractivity contribution in [2.45, 2.75) is 6.54 Å². The maximum atomic E-state index is 12.1. The molecular formula is C13H9Cl2N7O3. The third-order valence-corrected chi connectivity index (χ3v) is 3.68. The van der Waals surface area contributed by atoms with E-state index in [1.807, 2.05) is 12.1 Å². The number of aromatic nitrogens is 5. The number of nitro groups is 1. The number of carbonyl (C=O) groups is 1. The lowest BCUT2D eigenvalue weighted by molar-refractivity contribution is -0.389. The van der Waals surface area contributed by atoms with Gasteiger partial charge in [0, 0.05) is 5.02 Å². The van der Waals surface area contributed by atoms with Gasteiger partial charge in [-0.3, -0.25) is 10.1 Å². The molecule has 3 rings (SSSR count). The smallest absolute Gasteiger partial charge is 0.358 e. The Morgan fingerprint density at radius 3 is 2.88 bits per heavy atom. The SMILES string of the molecule is O=C(Nc1ncn(Cc2cccc(Cl)c2)n1)c1n[nH]c([N+](=O)[O-])c1Cl. The van der Waals surface area contributed by atoms with Crippen LogP contribution >= 0.6 is 23.2 Å². The summed E-state index contributed by atoms with van der Waals surface area (Å²) in [7, 11) is 0. The Bertz CT molecular complexity index is 953. The summed E-state index contributed by atoms with van der Waals surface area (Å²) in [5.41, 5.74) is 0.584. The number of hydrogen-bond acceptors (Lipinski definition) is 6. The maximum Gasteiger partial charge on any atom is 0.362 e. The molecule has 2 aromatic heterocycles. The van der Waals surface area contributed by atoms with E-state index < -0.39 is 16.6 Å². The number of nitrogens with one attached hydrogen (secondary N) is 2. The van der Waals surface area contributed by atoms with E-state index in [1.54, 1.807) is 12.1 Å². The van der Waals surface area contributed by atoms with Crippen molar-refractivity contribution < 1.29 is 9.72 Å². The molecule has 0 aliphatic rings. The zero-order chi connectivity index (χ0) is 18.0. The Balaban J connectivity index is 1.71. The highest BCUT2D eigenvalue weighted by atomic mass is 35.5. The quantitative estimate of drug-likeness (QED) is 0.515. The third kappa shape index (κ3) is 3.75. The zero-order valence-electron chi connectivity index (χ0n) is 12.3. The van der Waals surface area contributed by atoms with Crippen LogP contribution in [0.4, 0.5) is 11.8 Å². The van der Waals surface area contributed by atoms with Gasteiger partial charge in [0.1, 0.15) is 6.33 Å². The van der Waals surface area contributed by atoms with Crippen molar-refractivity contribution in [2.24, 2.45) is 0 Å². The number of amides is 1. The van der Waals surface area contributed by atoms with E-state index in [9.17, 15) is 14.9 Å². The summed E-state index contributed by atoms with van der Waals surface area (Å²) in [6.07, 6.45) is 1.42. The normalized spacial score (nSPS) is 10.6. The molecule has 1 amide bonds. The largest absolute Gasteiger partial charge is 0.362 e. The average molecular weight is 382 g/mol. The molecule has 0 atom stereocenters. The standard InChI is InChI=1S/C13H9Cl2N7O3/c14-8-3-1-2-7(4-8)5-21-6-16-13(20-21)17-12(23)10-9(15)11(19-18-10)22(24)25/h1-4,6H,5H2,(H,18,19)(H,17,20,23). The highest BCUT2D eigenvalue weighted by Crippen LogP contribution is 2.25. The molecule has 2 N–H and O–H groups in total. The van der Waals surface area contributed by atoms with E-state index >= 15 is 0 Å². The van der Waals surface area contributed by atoms with Crippen LogP contribution in [0, 0.1) is 10.1 Å². The van der Waals surface area contributed by atoms with Gasteiger partial charge in [0.2, 0.25) is 5.95 Å². The predicted molar refractivity (Wildman–Crippen MR) is 88.8 cm³/mol. The second-order valence-corrected chi connectivity index (χ2v) is 5.66. The molecule has 0 fully saturated rings. The molecule has 10 nitrogen and oxygen atoms in total. The van der Waals surface area contributed by atoms with Crippen molar-refractivity contribution in [1.29, 1.82) is 0 Å². The van der Waals surface area contributed by atoms with Gasteiger partial charge in [0.25, 0.3) is 5.91 Å². The van der Waals surface area contributed by atoms with Gasteiger partial charge in [0.05, 0.1) is 6.54 Å². The molecule has 0 radical (unpaired) electrons. The van der Waals surface area contributed by atoms with Crippen molar-refractivity contribution in [3.05, 3.63) is 62.0 Å². The summed E-state index contributed by atoms with van der Waals surface area (Å²) in [6.45, 7) is 0.401. The number of nitrogens with zero attached hydrogens (tertiary/aromatic N) is 5. The number of carbonyl (C=O) groups excluding carboxylic acids is 1. The molecule has 1 aromatic carbocycles. The highest BCUT2D eigenvalue weighted by molar-refractivity contribution is 6.35. The minimum atomic E-state index is -0.774. The minimum absolute atomic E-state index is 0.00810. The third-order valence-electron chi connectivity index (χ3n) is 3.08. The lowest BCUT2D eigenvalue weighted by Gasteiger charge is -2.01. The van der Waals surface area contributed by atoms with Gasteiger partial charge in [0.15, 0.2) is 10.7 Å². The van der Waals surface area contributed by atoms with E-state index in [4.69, 9.17) is 23.2 Å². The first-order chi connectivity index (χ1) is 11.9. The lowest BCUT2D eigenvalue weighted by Crippen LogP contribution is -2.14. The number of aromatic amines is 1. The maximum absolute atomic E-state index is 12.1. The summed E-state index contributed by atoms with van der Waals surface area (Å²) >= 11 is 11.7. The molecule has 0 spiro atoms. The Morgan fingerprint density at radius 2 is 2.20 bits per heavy atom. The van der Waals surface area contributed by atoms with Crippen LogP contribution in [-0.2, 0) is 6.54 Å². The first-order valence-electron chi connectivity index (χ1n) is 6.77. The molecule has 0 bridgehead atoms. The van der Waals surface area contributed by atoms with Crippen LogP contribution in [0.15, 0.2) is 30.6 Å². The number of H-pyrrole nitrogens is 1. The van der Waals surface area contributed by atoms with E-state index in [-0.39, 0.29) is 16.7 Å². The van der Waals surface area contributed by atoms with E-state index in [0.717, 1.165) is 5.56 Å². The fourth-order valence-corrected chi connectivity index (χ4v) is 2.45. The molecule has 25 heavy (non-hydrogen) atoms. The van der Waals surface area contributed by atoms with Crippen molar-refractivity contribution >= 4 is 40.9 Å². The molecule has 0 aliphatic heterocycles. The Hall–Kier alpha value is -2.98. The number of rotatable bonds is 5. The summed E-state index contributed by atoms with van der Waals surface area (Å²) < 4.78 is 1.50. The van der Waals surface area contributed by atoms with Crippen molar-refractivity contribution in [1.82, 2.24) is 25.0 Å². The molecule has 12 heteroatoms. The van der Waals surface area contributed by atoms with Crippen LogP contribution in [0.25, 0.3) is 0 Å². The van der Waals surface area contributed by atoms with Gasteiger partial charge < -0.3 is 10.1 Å². The van der Waals surface area contributed by atoms with E-state index in [0.29, 0.717) is 11.6 Å². The molecule has 2 heterocycles. The summed E-state index contributed by atoms with van der Waals surface area (Å²) in [4.78, 5) is 25.9. The van der Waals surface area contributed by atoms with Gasteiger partial charge in [-0.1, -0.05) is 40.4 Å². The van der Waals surface area contributed by atoms with Gasteiger partial charge in [-0.15, -0.1) is 10.2 Å².